The maximum absolute atomic E-state index is 13.3. The highest BCUT2D eigenvalue weighted by atomic mass is 32.2. The zero-order valence-corrected chi connectivity index (χ0v) is 15.2. The molecule has 0 amide bonds. The van der Waals surface area contributed by atoms with Crippen LogP contribution in [-0.4, -0.2) is 31.6 Å². The molecule has 0 bridgehead atoms. The van der Waals surface area contributed by atoms with Crippen molar-refractivity contribution < 1.29 is 17.2 Å². The second-order valence-corrected chi connectivity index (χ2v) is 9.27. The van der Waals surface area contributed by atoms with Crippen LogP contribution >= 0.6 is 11.8 Å². The van der Waals surface area contributed by atoms with Crippen LogP contribution in [0.1, 0.15) is 22.8 Å². The summed E-state index contributed by atoms with van der Waals surface area (Å²) in [4.78, 5) is 0. The van der Waals surface area contributed by atoms with Gasteiger partial charge in [0.15, 0.2) is 0 Å². The highest BCUT2D eigenvalue weighted by molar-refractivity contribution is 7.99. The van der Waals surface area contributed by atoms with Gasteiger partial charge in [-0.1, -0.05) is 30.3 Å². The minimum Gasteiger partial charge on any atom is -0.212 e. The summed E-state index contributed by atoms with van der Waals surface area (Å²) in [6.45, 7) is 0.820. The first kappa shape index (κ1) is 18.4. The van der Waals surface area contributed by atoms with Gasteiger partial charge in [-0.2, -0.15) is 11.8 Å². The summed E-state index contributed by atoms with van der Waals surface area (Å²) in [5, 5.41) is 0.257. The number of nitrogens with zero attached hydrogens (tertiary/aromatic N) is 1. The molecule has 134 valence electrons. The average molecular weight is 383 g/mol. The Morgan fingerprint density at radius 2 is 1.72 bits per heavy atom. The fraction of sp³-hybridized carbons (Fsp3) is 0.333. The summed E-state index contributed by atoms with van der Waals surface area (Å²) in [6, 6.07) is 12.9. The first-order chi connectivity index (χ1) is 11.9. The standard InChI is InChI=1S/C18H19F2NO2S2/c19-16-10-14(11-17(20)12-16)13-25(22,23)21-7-6-18(24-9-8-21)15-4-2-1-3-5-15/h1-5,10-12,18H,6-9,13H2. The highest BCUT2D eigenvalue weighted by Gasteiger charge is 2.27. The van der Waals surface area contributed by atoms with Crippen LogP contribution < -0.4 is 0 Å². The van der Waals surface area contributed by atoms with Crippen molar-refractivity contribution in [2.24, 2.45) is 0 Å². The molecule has 1 aliphatic rings. The summed E-state index contributed by atoms with van der Waals surface area (Å²) in [6.07, 6.45) is 0.714. The van der Waals surface area contributed by atoms with Gasteiger partial charge in [0.1, 0.15) is 11.6 Å². The predicted molar refractivity (Wildman–Crippen MR) is 96.8 cm³/mol. The zero-order valence-electron chi connectivity index (χ0n) is 13.6. The van der Waals surface area contributed by atoms with E-state index in [1.165, 1.54) is 9.87 Å². The van der Waals surface area contributed by atoms with Gasteiger partial charge in [0.05, 0.1) is 5.75 Å². The molecule has 1 atom stereocenters. The molecule has 3 rings (SSSR count). The van der Waals surface area contributed by atoms with Crippen molar-refractivity contribution >= 4 is 21.8 Å². The van der Waals surface area contributed by atoms with Gasteiger partial charge in [0.25, 0.3) is 0 Å². The van der Waals surface area contributed by atoms with Crippen LogP contribution in [0.15, 0.2) is 48.5 Å². The number of hydrogen-bond acceptors (Lipinski definition) is 3. The second kappa shape index (κ2) is 7.85. The largest absolute Gasteiger partial charge is 0.218 e. The Morgan fingerprint density at radius 3 is 2.40 bits per heavy atom. The van der Waals surface area contributed by atoms with Crippen LogP contribution in [0.3, 0.4) is 0 Å². The molecule has 1 fully saturated rings. The number of halogens is 2. The molecule has 1 saturated heterocycles. The van der Waals surface area contributed by atoms with Crippen LogP contribution in [0.2, 0.25) is 0 Å². The van der Waals surface area contributed by atoms with E-state index in [1.807, 2.05) is 18.2 Å². The van der Waals surface area contributed by atoms with Gasteiger partial charge in [0.2, 0.25) is 10.0 Å². The van der Waals surface area contributed by atoms with E-state index in [1.54, 1.807) is 11.8 Å². The van der Waals surface area contributed by atoms with Crippen molar-refractivity contribution in [1.29, 1.82) is 0 Å². The maximum atomic E-state index is 13.3. The van der Waals surface area contributed by atoms with Crippen molar-refractivity contribution in [2.75, 3.05) is 18.8 Å². The monoisotopic (exact) mass is 383 g/mol. The Kier molecular flexibility index (Phi) is 5.76. The summed E-state index contributed by atoms with van der Waals surface area (Å²) in [7, 11) is -3.61. The summed E-state index contributed by atoms with van der Waals surface area (Å²) in [5.41, 5.74) is 1.33. The first-order valence-electron chi connectivity index (χ1n) is 8.03. The van der Waals surface area contributed by atoms with Crippen LogP contribution in [0.25, 0.3) is 0 Å². The Balaban J connectivity index is 1.70. The lowest BCUT2D eigenvalue weighted by atomic mass is 10.1. The van der Waals surface area contributed by atoms with E-state index in [4.69, 9.17) is 0 Å². The number of sulfonamides is 1. The molecule has 7 heteroatoms. The smallest absolute Gasteiger partial charge is 0.212 e. The molecule has 2 aromatic carbocycles. The Morgan fingerprint density at radius 1 is 1.04 bits per heavy atom. The quantitative estimate of drug-likeness (QED) is 0.802. The molecule has 0 aromatic heterocycles. The lowest BCUT2D eigenvalue weighted by Crippen LogP contribution is -2.34. The van der Waals surface area contributed by atoms with Crippen LogP contribution in [-0.2, 0) is 15.8 Å². The molecular formula is C18H19F2NO2S2. The lowest BCUT2D eigenvalue weighted by molar-refractivity contribution is 0.427. The zero-order chi connectivity index (χ0) is 17.9. The average Bonchev–Trinajstić information content (AvgIpc) is 2.81. The van der Waals surface area contributed by atoms with E-state index in [0.29, 0.717) is 25.3 Å². The minimum atomic E-state index is -3.61. The molecule has 0 aliphatic carbocycles. The number of hydrogen-bond donors (Lipinski definition) is 0. The van der Waals surface area contributed by atoms with Gasteiger partial charge in [-0.3, -0.25) is 0 Å². The molecule has 0 radical (unpaired) electrons. The van der Waals surface area contributed by atoms with E-state index in [0.717, 1.165) is 18.2 Å². The van der Waals surface area contributed by atoms with Gasteiger partial charge >= 0.3 is 0 Å². The van der Waals surface area contributed by atoms with E-state index < -0.39 is 21.7 Å². The molecule has 0 N–H and O–H groups in total. The SMILES string of the molecule is O=S(=O)(Cc1cc(F)cc(F)c1)N1CCSC(c2ccccc2)CC1. The summed E-state index contributed by atoms with van der Waals surface area (Å²) >= 11 is 1.74. The van der Waals surface area contributed by atoms with Gasteiger partial charge in [-0.25, -0.2) is 21.5 Å². The van der Waals surface area contributed by atoms with E-state index in [2.05, 4.69) is 12.1 Å². The van der Waals surface area contributed by atoms with E-state index in [9.17, 15) is 17.2 Å². The Bertz CT molecular complexity index is 808. The Labute approximate surface area is 151 Å². The highest BCUT2D eigenvalue weighted by Crippen LogP contribution is 2.35. The normalized spacial score (nSPS) is 19.5. The second-order valence-electron chi connectivity index (χ2n) is 5.99. The fourth-order valence-electron chi connectivity index (χ4n) is 2.96. The Hall–Kier alpha value is -1.44. The van der Waals surface area contributed by atoms with Crippen molar-refractivity contribution in [3.8, 4) is 0 Å². The minimum absolute atomic E-state index is 0.133. The lowest BCUT2D eigenvalue weighted by Gasteiger charge is -2.20. The van der Waals surface area contributed by atoms with Gasteiger partial charge in [-0.15, -0.1) is 0 Å². The van der Waals surface area contributed by atoms with E-state index in [-0.39, 0.29) is 16.6 Å². The third-order valence-electron chi connectivity index (χ3n) is 4.14. The molecule has 25 heavy (non-hydrogen) atoms. The summed E-state index contributed by atoms with van der Waals surface area (Å²) < 4.78 is 53.3. The van der Waals surface area contributed by atoms with Crippen molar-refractivity contribution in [2.45, 2.75) is 17.4 Å². The molecule has 1 unspecified atom stereocenters. The summed E-state index contributed by atoms with van der Waals surface area (Å²) in [5.74, 6) is -1.22. The number of benzene rings is 2. The predicted octanol–water partition coefficient (Wildman–Crippen LogP) is 3.97. The topological polar surface area (TPSA) is 37.4 Å². The fourth-order valence-corrected chi connectivity index (χ4v) is 5.83. The van der Waals surface area contributed by atoms with Crippen molar-refractivity contribution in [1.82, 2.24) is 4.31 Å². The van der Waals surface area contributed by atoms with Crippen LogP contribution in [0.5, 0.6) is 0 Å². The van der Waals surface area contributed by atoms with Crippen molar-refractivity contribution in [3.05, 3.63) is 71.3 Å². The molecule has 0 saturated carbocycles. The molecular weight excluding hydrogens is 364 g/mol. The van der Waals surface area contributed by atoms with E-state index >= 15 is 0 Å². The molecule has 3 nitrogen and oxygen atoms in total. The van der Waals surface area contributed by atoms with Crippen molar-refractivity contribution in [3.63, 3.8) is 0 Å². The van der Waals surface area contributed by atoms with Crippen LogP contribution in [0.4, 0.5) is 8.78 Å². The molecule has 0 spiro atoms. The maximum Gasteiger partial charge on any atom is 0.218 e. The molecule has 2 aromatic rings. The molecule has 1 heterocycles. The van der Waals surface area contributed by atoms with Gasteiger partial charge in [-0.05, 0) is 29.7 Å². The first-order valence-corrected chi connectivity index (χ1v) is 10.7. The van der Waals surface area contributed by atoms with Crippen LogP contribution in [0, 0.1) is 11.6 Å². The van der Waals surface area contributed by atoms with Gasteiger partial charge in [0, 0.05) is 30.2 Å². The van der Waals surface area contributed by atoms with Gasteiger partial charge < -0.3 is 0 Å². The molecule has 1 aliphatic heterocycles. The third kappa shape index (κ3) is 4.80. The number of rotatable bonds is 4. The number of thioether (sulfide) groups is 1. The third-order valence-corrected chi connectivity index (χ3v) is 7.32.